The molecule has 0 radical (unpaired) electrons. The normalized spacial score (nSPS) is 16.6. The van der Waals surface area contributed by atoms with E-state index in [2.05, 4.69) is 24.5 Å². The van der Waals surface area contributed by atoms with Crippen molar-refractivity contribution in [2.45, 2.75) is 155 Å². The fraction of sp³-hybridized carbons (Fsp3) is 0.667. The summed E-state index contributed by atoms with van der Waals surface area (Å²) in [5.74, 6) is 0. The molecule has 0 bridgehead atoms. The molecule has 2 aromatic rings. The Kier molecular flexibility index (Phi) is 20.9. The molecule has 2 unspecified atom stereocenters. The molecule has 49 heavy (non-hydrogen) atoms. The van der Waals surface area contributed by atoms with Gasteiger partial charge in [-0.15, -0.1) is 0 Å². The van der Waals surface area contributed by atoms with Crippen LogP contribution in [-0.2, 0) is 20.6 Å². The zero-order chi connectivity index (χ0) is 34.8. The monoisotopic (exact) mass is 746 g/mol. The average Bonchev–Trinajstić information content (AvgIpc) is 3.62. The van der Waals surface area contributed by atoms with Gasteiger partial charge in [-0.05, 0) is 49.9 Å². The van der Waals surface area contributed by atoms with Crippen LogP contribution in [0.4, 0.5) is 22.7 Å². The van der Waals surface area contributed by atoms with Crippen molar-refractivity contribution in [2.75, 3.05) is 19.2 Å². The van der Waals surface area contributed by atoms with Gasteiger partial charge in [0.25, 0.3) is 0 Å². The Morgan fingerprint density at radius 2 is 0.796 bits per heavy atom. The number of rotatable bonds is 22. The van der Waals surface area contributed by atoms with Crippen molar-refractivity contribution >= 4 is 81.1 Å². The third-order valence-corrected chi connectivity index (χ3v) is 11.0. The molecule has 2 aromatic carbocycles. The van der Waals surface area contributed by atoms with Crippen LogP contribution in [0.2, 0.25) is 0 Å². The van der Waals surface area contributed by atoms with Crippen LogP contribution in [0.3, 0.4) is 0 Å². The zero-order valence-electron chi connectivity index (χ0n) is 29.8. The quantitative estimate of drug-likeness (QED) is 0.0691. The number of fused-ring (bicyclic) bond motifs is 2. The SMILES string of the molecule is CCCCCCCCCCCC1Nc2ccccc2N1S(=O)(=O)[O-].CCCCCCCCCCCC1Nc2ccccc2N1S(=O)(=O)[O-].[Ca+2]. The molecule has 0 saturated carbocycles. The van der Waals surface area contributed by atoms with E-state index in [1.165, 1.54) is 89.9 Å². The predicted octanol–water partition coefficient (Wildman–Crippen LogP) is 8.87. The molecular weight excluding hydrogens is 689 g/mol. The van der Waals surface area contributed by atoms with Crippen molar-refractivity contribution < 1.29 is 25.9 Å². The summed E-state index contributed by atoms with van der Waals surface area (Å²) < 4.78 is 71.6. The first kappa shape index (κ1) is 43.9. The van der Waals surface area contributed by atoms with E-state index >= 15 is 0 Å². The maximum atomic E-state index is 11.6. The molecule has 2 aliphatic heterocycles. The number of hydrogen-bond acceptors (Lipinski definition) is 8. The van der Waals surface area contributed by atoms with Gasteiger partial charge in [0.15, 0.2) is 20.6 Å². The summed E-state index contributed by atoms with van der Waals surface area (Å²) in [6, 6.07) is 14.1. The number of anilines is 4. The molecule has 4 rings (SSSR count). The van der Waals surface area contributed by atoms with Crippen LogP contribution in [0.5, 0.6) is 0 Å². The predicted molar refractivity (Wildman–Crippen MR) is 201 cm³/mol. The van der Waals surface area contributed by atoms with Gasteiger partial charge in [0.2, 0.25) is 0 Å². The topological polar surface area (TPSA) is 145 Å². The molecule has 2 aliphatic rings. The Bertz CT molecular complexity index is 1320. The van der Waals surface area contributed by atoms with Gasteiger partial charge in [-0.2, -0.15) is 0 Å². The summed E-state index contributed by atoms with van der Waals surface area (Å²) in [6.07, 6.45) is 22.3. The molecule has 0 amide bonds. The largest absolute Gasteiger partial charge is 2.00 e. The van der Waals surface area contributed by atoms with E-state index in [1.54, 1.807) is 24.3 Å². The summed E-state index contributed by atoms with van der Waals surface area (Å²) >= 11 is 0. The van der Waals surface area contributed by atoms with Gasteiger partial charge in [-0.25, -0.2) is 16.8 Å². The van der Waals surface area contributed by atoms with Crippen molar-refractivity contribution in [2.24, 2.45) is 0 Å². The van der Waals surface area contributed by atoms with Crippen LogP contribution in [0.1, 0.15) is 142 Å². The second kappa shape index (κ2) is 23.3. The van der Waals surface area contributed by atoms with E-state index in [0.717, 1.165) is 45.7 Å². The first-order valence-electron chi connectivity index (χ1n) is 18.3. The third-order valence-electron chi connectivity index (χ3n) is 9.14. The first-order valence-corrected chi connectivity index (χ1v) is 21.0. The second-order valence-corrected chi connectivity index (χ2v) is 15.6. The molecule has 2 atom stereocenters. The summed E-state index contributed by atoms with van der Waals surface area (Å²) in [6.45, 7) is 4.45. The van der Waals surface area contributed by atoms with Gasteiger partial charge in [-0.3, -0.25) is 8.61 Å². The summed E-state index contributed by atoms with van der Waals surface area (Å²) in [5, 5.41) is 6.33. The van der Waals surface area contributed by atoms with Crippen LogP contribution in [0.25, 0.3) is 0 Å². The smallest absolute Gasteiger partial charge is 0.731 e. The first-order chi connectivity index (χ1) is 23.1. The van der Waals surface area contributed by atoms with Crippen molar-refractivity contribution in [3.8, 4) is 0 Å². The molecule has 0 aromatic heterocycles. The van der Waals surface area contributed by atoms with E-state index in [0.29, 0.717) is 24.2 Å². The summed E-state index contributed by atoms with van der Waals surface area (Å²) in [4.78, 5) is 0. The van der Waals surface area contributed by atoms with Gasteiger partial charge in [0.1, 0.15) is 12.3 Å². The van der Waals surface area contributed by atoms with E-state index < -0.39 is 32.9 Å². The Morgan fingerprint density at radius 1 is 0.510 bits per heavy atom. The Hall–Kier alpha value is -1.28. The van der Waals surface area contributed by atoms with Crippen molar-refractivity contribution in [1.82, 2.24) is 0 Å². The molecular formula is C36H58CaN4O6S2. The minimum atomic E-state index is -4.50. The van der Waals surface area contributed by atoms with Crippen LogP contribution in [-0.4, -0.2) is 76.0 Å². The molecule has 0 spiro atoms. The van der Waals surface area contributed by atoms with Gasteiger partial charge in [0, 0.05) is 0 Å². The number of unbranched alkanes of at least 4 members (excludes halogenated alkanes) is 16. The van der Waals surface area contributed by atoms with Crippen molar-refractivity contribution in [3.05, 3.63) is 48.5 Å². The van der Waals surface area contributed by atoms with Crippen LogP contribution in [0, 0.1) is 0 Å². The Balaban J connectivity index is 0.000000333. The Labute approximate surface area is 327 Å². The maximum Gasteiger partial charge on any atom is 2.00 e. The van der Waals surface area contributed by atoms with E-state index in [1.807, 2.05) is 24.3 Å². The standard InChI is InChI=1S/2C18H30N2O3S.Ca/c2*1-2-3-4-5-6-7-8-9-10-15-18-19-16-13-11-12-14-17(16)20(18)24(21,22)23;/h2*11-14,18-19H,2-10,15H2,1H3,(H,21,22,23);/q;;+2/p-2. The third kappa shape index (κ3) is 15.1. The molecule has 2 N–H and O–H groups in total. The zero-order valence-corrected chi connectivity index (χ0v) is 33.6. The van der Waals surface area contributed by atoms with Crippen LogP contribution >= 0.6 is 0 Å². The van der Waals surface area contributed by atoms with E-state index in [9.17, 15) is 25.9 Å². The van der Waals surface area contributed by atoms with Gasteiger partial charge >= 0.3 is 37.7 Å². The van der Waals surface area contributed by atoms with Crippen LogP contribution in [0.15, 0.2) is 48.5 Å². The molecule has 0 aliphatic carbocycles. The van der Waals surface area contributed by atoms with E-state index in [4.69, 9.17) is 0 Å². The summed E-state index contributed by atoms with van der Waals surface area (Å²) in [7, 11) is -9.01. The van der Waals surface area contributed by atoms with E-state index in [-0.39, 0.29) is 37.7 Å². The fourth-order valence-electron chi connectivity index (χ4n) is 6.62. The number of nitrogens with one attached hydrogen (secondary N) is 2. The van der Waals surface area contributed by atoms with Crippen molar-refractivity contribution in [1.29, 1.82) is 0 Å². The number of benzene rings is 2. The number of para-hydroxylation sites is 4. The van der Waals surface area contributed by atoms with Gasteiger partial charge in [0.05, 0.1) is 22.7 Å². The molecule has 2 heterocycles. The Morgan fingerprint density at radius 3 is 1.10 bits per heavy atom. The van der Waals surface area contributed by atoms with Crippen LogP contribution < -0.4 is 19.2 Å². The van der Waals surface area contributed by atoms with Crippen molar-refractivity contribution in [3.63, 3.8) is 0 Å². The number of nitrogens with zero attached hydrogens (tertiary/aromatic N) is 2. The number of hydrogen-bond donors (Lipinski definition) is 2. The molecule has 13 heteroatoms. The van der Waals surface area contributed by atoms with Gasteiger partial charge in [-0.1, -0.05) is 141 Å². The molecule has 0 fully saturated rings. The fourth-order valence-corrected chi connectivity index (χ4v) is 8.36. The maximum absolute atomic E-state index is 11.6. The molecule has 10 nitrogen and oxygen atoms in total. The van der Waals surface area contributed by atoms with Gasteiger partial charge < -0.3 is 19.7 Å². The molecule has 0 saturated heterocycles. The molecule has 272 valence electrons. The average molecular weight is 747 g/mol. The minimum Gasteiger partial charge on any atom is -0.731 e. The minimum absolute atomic E-state index is 0. The summed E-state index contributed by atoms with van der Waals surface area (Å²) in [5.41, 5.74) is 2.37. The second-order valence-electron chi connectivity index (χ2n) is 13.1.